The number of rotatable bonds is 3. The molecule has 0 saturated carbocycles. The molecule has 7 heteroatoms. The summed E-state index contributed by atoms with van der Waals surface area (Å²) in [5, 5.41) is 13.2. The zero-order valence-electron chi connectivity index (χ0n) is 9.75. The van der Waals surface area contributed by atoms with Crippen molar-refractivity contribution in [3.8, 4) is 0 Å². The molecular weight excluding hydrogens is 246 g/mol. The van der Waals surface area contributed by atoms with E-state index in [1.165, 1.54) is 13.8 Å². The molecule has 0 atom stereocenters. The van der Waals surface area contributed by atoms with Gasteiger partial charge in [0.1, 0.15) is 5.54 Å². The summed E-state index contributed by atoms with van der Waals surface area (Å²) in [7, 11) is 0. The van der Waals surface area contributed by atoms with Crippen LogP contribution in [-0.4, -0.2) is 22.6 Å². The number of nitrogens with one attached hydrogen (secondary N) is 2. The average Bonchev–Trinajstić information content (AvgIpc) is 2.22. The predicted molar refractivity (Wildman–Crippen MR) is 60.2 cm³/mol. The van der Waals surface area contributed by atoms with Crippen molar-refractivity contribution in [3.05, 3.63) is 29.8 Å². The Morgan fingerprint density at radius 2 is 1.83 bits per heavy atom. The van der Waals surface area contributed by atoms with Crippen LogP contribution in [-0.2, 0) is 4.79 Å². The SMILES string of the molecule is CC(C)(NC(=O)Nc1ccc(F)c(F)c1)C(=O)O. The van der Waals surface area contributed by atoms with E-state index >= 15 is 0 Å². The summed E-state index contributed by atoms with van der Waals surface area (Å²) in [6, 6.07) is 1.98. The zero-order valence-corrected chi connectivity index (χ0v) is 9.75. The minimum absolute atomic E-state index is 0.0209. The largest absolute Gasteiger partial charge is 0.480 e. The number of halogens is 2. The van der Waals surface area contributed by atoms with Gasteiger partial charge in [0.2, 0.25) is 0 Å². The number of hydrogen-bond acceptors (Lipinski definition) is 2. The second kappa shape index (κ2) is 4.99. The minimum atomic E-state index is -1.47. The van der Waals surface area contributed by atoms with Crippen molar-refractivity contribution in [2.45, 2.75) is 19.4 Å². The van der Waals surface area contributed by atoms with Crippen LogP contribution in [0.15, 0.2) is 18.2 Å². The third-order valence-electron chi connectivity index (χ3n) is 2.14. The maximum atomic E-state index is 12.9. The number of carbonyl (C=O) groups excluding carboxylic acids is 1. The van der Waals surface area contributed by atoms with Gasteiger partial charge < -0.3 is 15.7 Å². The average molecular weight is 258 g/mol. The molecule has 0 aromatic heterocycles. The fourth-order valence-electron chi connectivity index (χ4n) is 1.07. The van der Waals surface area contributed by atoms with E-state index in [0.717, 1.165) is 18.2 Å². The van der Waals surface area contributed by atoms with Gasteiger partial charge in [-0.1, -0.05) is 0 Å². The van der Waals surface area contributed by atoms with Gasteiger partial charge in [-0.15, -0.1) is 0 Å². The van der Waals surface area contributed by atoms with Gasteiger partial charge in [-0.25, -0.2) is 18.4 Å². The molecule has 1 aromatic carbocycles. The van der Waals surface area contributed by atoms with E-state index in [1.807, 2.05) is 0 Å². The lowest BCUT2D eigenvalue weighted by atomic mass is 10.1. The Bertz CT molecular complexity index is 489. The summed E-state index contributed by atoms with van der Waals surface area (Å²) in [6.07, 6.45) is 0. The zero-order chi connectivity index (χ0) is 13.9. The molecule has 0 bridgehead atoms. The van der Waals surface area contributed by atoms with Crippen LogP contribution in [0.5, 0.6) is 0 Å². The number of hydrogen-bond donors (Lipinski definition) is 3. The molecule has 0 aliphatic carbocycles. The van der Waals surface area contributed by atoms with E-state index in [4.69, 9.17) is 5.11 Å². The van der Waals surface area contributed by atoms with Gasteiger partial charge in [0.15, 0.2) is 11.6 Å². The summed E-state index contributed by atoms with van der Waals surface area (Å²) < 4.78 is 25.5. The Kier molecular flexibility index (Phi) is 3.85. The van der Waals surface area contributed by atoms with Crippen LogP contribution in [0.25, 0.3) is 0 Å². The highest BCUT2D eigenvalue weighted by Gasteiger charge is 2.28. The topological polar surface area (TPSA) is 78.4 Å². The third kappa shape index (κ3) is 3.41. The number of carboxylic acids is 1. The smallest absolute Gasteiger partial charge is 0.328 e. The normalized spacial score (nSPS) is 10.9. The summed E-state index contributed by atoms with van der Waals surface area (Å²) >= 11 is 0. The molecule has 0 fully saturated rings. The number of aliphatic carboxylic acids is 1. The molecule has 0 saturated heterocycles. The van der Waals surface area contributed by atoms with E-state index in [2.05, 4.69) is 10.6 Å². The van der Waals surface area contributed by atoms with Gasteiger partial charge in [0.05, 0.1) is 0 Å². The summed E-state index contributed by atoms with van der Waals surface area (Å²) in [5.74, 6) is -3.36. The lowest BCUT2D eigenvalue weighted by Crippen LogP contribution is -2.51. The monoisotopic (exact) mass is 258 g/mol. The van der Waals surface area contributed by atoms with E-state index in [-0.39, 0.29) is 5.69 Å². The van der Waals surface area contributed by atoms with Crippen molar-refractivity contribution < 1.29 is 23.5 Å². The van der Waals surface area contributed by atoms with E-state index in [0.29, 0.717) is 0 Å². The van der Waals surface area contributed by atoms with Crippen LogP contribution in [0, 0.1) is 11.6 Å². The molecule has 1 aromatic rings. The van der Waals surface area contributed by atoms with Gasteiger partial charge in [0, 0.05) is 11.8 Å². The van der Waals surface area contributed by atoms with Crippen molar-refractivity contribution in [2.75, 3.05) is 5.32 Å². The number of anilines is 1. The lowest BCUT2D eigenvalue weighted by Gasteiger charge is -2.21. The number of benzene rings is 1. The second-order valence-electron chi connectivity index (χ2n) is 4.14. The highest BCUT2D eigenvalue weighted by molar-refractivity contribution is 5.93. The van der Waals surface area contributed by atoms with Crippen LogP contribution in [0.4, 0.5) is 19.3 Å². The Balaban J connectivity index is 2.71. The molecule has 98 valence electrons. The van der Waals surface area contributed by atoms with E-state index in [9.17, 15) is 18.4 Å². The second-order valence-corrected chi connectivity index (χ2v) is 4.14. The highest BCUT2D eigenvalue weighted by atomic mass is 19.2. The van der Waals surface area contributed by atoms with E-state index in [1.54, 1.807) is 0 Å². The number of urea groups is 1. The molecule has 0 radical (unpaired) electrons. The molecule has 2 amide bonds. The number of carbonyl (C=O) groups is 2. The summed E-state index contributed by atoms with van der Waals surface area (Å²) in [6.45, 7) is 2.58. The first-order valence-electron chi connectivity index (χ1n) is 5.00. The lowest BCUT2D eigenvalue weighted by molar-refractivity contribution is -0.142. The Morgan fingerprint density at radius 1 is 1.22 bits per heavy atom. The van der Waals surface area contributed by atoms with Crippen LogP contribution < -0.4 is 10.6 Å². The van der Waals surface area contributed by atoms with Gasteiger partial charge in [-0.05, 0) is 26.0 Å². The van der Waals surface area contributed by atoms with Crippen molar-refractivity contribution in [2.24, 2.45) is 0 Å². The highest BCUT2D eigenvalue weighted by Crippen LogP contribution is 2.13. The Hall–Kier alpha value is -2.18. The number of carboxylic acid groups (broad SMARTS) is 1. The van der Waals surface area contributed by atoms with Gasteiger partial charge in [-0.2, -0.15) is 0 Å². The van der Waals surface area contributed by atoms with Crippen LogP contribution in [0.1, 0.15) is 13.8 Å². The summed E-state index contributed by atoms with van der Waals surface area (Å²) in [4.78, 5) is 22.2. The molecule has 1 rings (SSSR count). The first kappa shape index (κ1) is 13.9. The first-order valence-corrected chi connectivity index (χ1v) is 5.00. The molecule has 0 spiro atoms. The molecular formula is C11H12F2N2O3. The van der Waals surface area contributed by atoms with Gasteiger partial charge in [0.25, 0.3) is 0 Å². The molecule has 0 heterocycles. The van der Waals surface area contributed by atoms with Crippen molar-refractivity contribution in [1.82, 2.24) is 5.32 Å². The molecule has 3 N–H and O–H groups in total. The van der Waals surface area contributed by atoms with Crippen molar-refractivity contribution in [3.63, 3.8) is 0 Å². The predicted octanol–water partition coefficient (Wildman–Crippen LogP) is 1.95. The van der Waals surface area contributed by atoms with Crippen molar-refractivity contribution >= 4 is 17.7 Å². The quantitative estimate of drug-likeness (QED) is 0.775. The third-order valence-corrected chi connectivity index (χ3v) is 2.14. The first-order chi connectivity index (χ1) is 8.22. The van der Waals surface area contributed by atoms with E-state index < -0.39 is 29.2 Å². The summed E-state index contributed by atoms with van der Waals surface area (Å²) in [5.41, 5.74) is -1.45. The van der Waals surface area contributed by atoms with Crippen LogP contribution in [0.2, 0.25) is 0 Å². The molecule has 5 nitrogen and oxygen atoms in total. The van der Waals surface area contributed by atoms with Crippen LogP contribution >= 0.6 is 0 Å². The molecule has 0 aliphatic heterocycles. The fraction of sp³-hybridized carbons (Fsp3) is 0.273. The van der Waals surface area contributed by atoms with Gasteiger partial charge in [-0.3, -0.25) is 0 Å². The van der Waals surface area contributed by atoms with Crippen LogP contribution in [0.3, 0.4) is 0 Å². The Labute approximate surface area is 102 Å². The minimum Gasteiger partial charge on any atom is -0.480 e. The molecule has 0 aliphatic rings. The standard InChI is InChI=1S/C11H12F2N2O3/c1-11(2,9(16)17)15-10(18)14-6-3-4-7(12)8(13)5-6/h3-5H,1-2H3,(H,16,17)(H2,14,15,18). The fourth-order valence-corrected chi connectivity index (χ4v) is 1.07. The number of amides is 2. The van der Waals surface area contributed by atoms with Gasteiger partial charge >= 0.3 is 12.0 Å². The maximum absolute atomic E-state index is 12.9. The molecule has 0 unspecified atom stereocenters. The Morgan fingerprint density at radius 3 is 2.33 bits per heavy atom. The maximum Gasteiger partial charge on any atom is 0.328 e. The van der Waals surface area contributed by atoms with Crippen molar-refractivity contribution in [1.29, 1.82) is 0 Å². The molecule has 18 heavy (non-hydrogen) atoms.